The lowest BCUT2D eigenvalue weighted by molar-refractivity contribution is 0.602. The largest absolute Gasteiger partial charge is 0.368 e. The molecule has 0 aromatic heterocycles. The molecule has 2 nitrogen and oxygen atoms in total. The van der Waals surface area contributed by atoms with Crippen LogP contribution in [0.5, 0.6) is 0 Å². The summed E-state index contributed by atoms with van der Waals surface area (Å²) in [6, 6.07) is 6.96. The molecule has 0 unspecified atom stereocenters. The van der Waals surface area contributed by atoms with Crippen LogP contribution >= 0.6 is 0 Å². The van der Waals surface area contributed by atoms with Gasteiger partial charge in [0.15, 0.2) is 0 Å². The van der Waals surface area contributed by atoms with Crippen molar-refractivity contribution in [1.82, 2.24) is 5.32 Å². The van der Waals surface area contributed by atoms with Gasteiger partial charge in [0.25, 0.3) is 0 Å². The topological polar surface area (TPSA) is 15.3 Å². The molecule has 0 spiro atoms. The van der Waals surface area contributed by atoms with Crippen molar-refractivity contribution < 1.29 is 4.39 Å². The SMILES string of the molecule is CCCCNCCN(CC)c1ccccc1F. The summed E-state index contributed by atoms with van der Waals surface area (Å²) in [5.41, 5.74) is 0.701. The summed E-state index contributed by atoms with van der Waals surface area (Å²) >= 11 is 0. The number of hydrogen-bond acceptors (Lipinski definition) is 2. The summed E-state index contributed by atoms with van der Waals surface area (Å²) < 4.78 is 13.6. The van der Waals surface area contributed by atoms with E-state index in [2.05, 4.69) is 24.1 Å². The molecule has 3 heteroatoms. The number of halogens is 1. The maximum absolute atomic E-state index is 13.6. The first-order valence-electron chi connectivity index (χ1n) is 6.49. The molecule has 1 N–H and O–H groups in total. The quantitative estimate of drug-likeness (QED) is 0.700. The van der Waals surface area contributed by atoms with Crippen LogP contribution in [0.25, 0.3) is 0 Å². The molecule has 0 amide bonds. The molecule has 0 aliphatic heterocycles. The summed E-state index contributed by atoms with van der Waals surface area (Å²) in [6.07, 6.45) is 2.41. The molecule has 1 aromatic carbocycles. The van der Waals surface area contributed by atoms with E-state index in [9.17, 15) is 4.39 Å². The van der Waals surface area contributed by atoms with Crippen molar-refractivity contribution in [3.05, 3.63) is 30.1 Å². The molecule has 0 radical (unpaired) electrons. The number of likely N-dealkylation sites (N-methyl/N-ethyl adjacent to an activating group) is 1. The number of nitrogens with one attached hydrogen (secondary N) is 1. The van der Waals surface area contributed by atoms with Gasteiger partial charge in [-0.15, -0.1) is 0 Å². The molecular weight excluding hydrogens is 215 g/mol. The van der Waals surface area contributed by atoms with Crippen molar-refractivity contribution in [2.45, 2.75) is 26.7 Å². The lowest BCUT2D eigenvalue weighted by Crippen LogP contribution is -2.32. The van der Waals surface area contributed by atoms with Crippen LogP contribution in [-0.2, 0) is 0 Å². The summed E-state index contributed by atoms with van der Waals surface area (Å²) in [6.45, 7) is 7.86. The van der Waals surface area contributed by atoms with Crippen LogP contribution < -0.4 is 10.2 Å². The minimum Gasteiger partial charge on any atom is -0.368 e. The second kappa shape index (κ2) is 8.07. The Labute approximate surface area is 104 Å². The third-order valence-electron chi connectivity index (χ3n) is 2.84. The summed E-state index contributed by atoms with van der Waals surface area (Å²) in [5.74, 6) is -0.136. The van der Waals surface area contributed by atoms with Gasteiger partial charge in [0.05, 0.1) is 5.69 Å². The zero-order valence-corrected chi connectivity index (χ0v) is 10.9. The average molecular weight is 238 g/mol. The highest BCUT2D eigenvalue weighted by Gasteiger charge is 2.07. The van der Waals surface area contributed by atoms with Crippen LogP contribution in [0.2, 0.25) is 0 Å². The molecule has 0 heterocycles. The van der Waals surface area contributed by atoms with Crippen molar-refractivity contribution in [2.75, 3.05) is 31.1 Å². The predicted octanol–water partition coefficient (Wildman–Crippen LogP) is 3.04. The van der Waals surface area contributed by atoms with Gasteiger partial charge in [-0.3, -0.25) is 0 Å². The smallest absolute Gasteiger partial charge is 0.146 e. The Morgan fingerprint density at radius 1 is 1.18 bits per heavy atom. The van der Waals surface area contributed by atoms with Gasteiger partial charge in [-0.05, 0) is 32.0 Å². The first-order chi connectivity index (χ1) is 8.29. The Morgan fingerprint density at radius 2 is 1.94 bits per heavy atom. The van der Waals surface area contributed by atoms with Crippen LogP contribution in [-0.4, -0.2) is 26.2 Å². The molecule has 17 heavy (non-hydrogen) atoms. The van der Waals surface area contributed by atoms with Gasteiger partial charge in [-0.25, -0.2) is 4.39 Å². The van der Waals surface area contributed by atoms with E-state index in [0.29, 0.717) is 5.69 Å². The van der Waals surface area contributed by atoms with E-state index < -0.39 is 0 Å². The zero-order chi connectivity index (χ0) is 12.5. The molecule has 0 bridgehead atoms. The number of nitrogens with zero attached hydrogens (tertiary/aromatic N) is 1. The van der Waals surface area contributed by atoms with Gasteiger partial charge in [-0.2, -0.15) is 0 Å². The lowest BCUT2D eigenvalue weighted by Gasteiger charge is -2.23. The first-order valence-corrected chi connectivity index (χ1v) is 6.49. The third-order valence-corrected chi connectivity index (χ3v) is 2.84. The van der Waals surface area contributed by atoms with Gasteiger partial charge in [0.1, 0.15) is 5.82 Å². The third kappa shape index (κ3) is 4.73. The molecule has 0 atom stereocenters. The van der Waals surface area contributed by atoms with Crippen molar-refractivity contribution in [3.63, 3.8) is 0 Å². The molecule has 1 rings (SSSR count). The summed E-state index contributed by atoms with van der Waals surface area (Å²) in [5, 5.41) is 3.38. The number of anilines is 1. The number of unbranched alkanes of at least 4 members (excludes halogenated alkanes) is 1. The van der Waals surface area contributed by atoms with Crippen molar-refractivity contribution >= 4 is 5.69 Å². The number of hydrogen-bond donors (Lipinski definition) is 1. The van der Waals surface area contributed by atoms with Crippen LogP contribution in [0.15, 0.2) is 24.3 Å². The summed E-state index contributed by atoms with van der Waals surface area (Å²) in [4.78, 5) is 2.06. The Kier molecular flexibility index (Phi) is 6.63. The highest BCUT2D eigenvalue weighted by molar-refractivity contribution is 5.47. The maximum atomic E-state index is 13.6. The van der Waals surface area contributed by atoms with Gasteiger partial charge in [-0.1, -0.05) is 25.5 Å². The van der Waals surface area contributed by atoms with Crippen molar-refractivity contribution in [2.24, 2.45) is 0 Å². The first kappa shape index (κ1) is 14.0. The molecular formula is C14H23FN2. The van der Waals surface area contributed by atoms with E-state index in [1.165, 1.54) is 18.9 Å². The van der Waals surface area contributed by atoms with Crippen molar-refractivity contribution in [3.8, 4) is 0 Å². The number of benzene rings is 1. The average Bonchev–Trinajstić information content (AvgIpc) is 2.35. The van der Waals surface area contributed by atoms with E-state index in [-0.39, 0.29) is 5.82 Å². The predicted molar refractivity (Wildman–Crippen MR) is 72.1 cm³/mol. The zero-order valence-electron chi connectivity index (χ0n) is 10.9. The van der Waals surface area contributed by atoms with Gasteiger partial charge < -0.3 is 10.2 Å². The fourth-order valence-corrected chi connectivity index (χ4v) is 1.80. The van der Waals surface area contributed by atoms with Crippen molar-refractivity contribution in [1.29, 1.82) is 0 Å². The Balaban J connectivity index is 2.41. The fraction of sp³-hybridized carbons (Fsp3) is 0.571. The summed E-state index contributed by atoms with van der Waals surface area (Å²) in [7, 11) is 0. The monoisotopic (exact) mass is 238 g/mol. The van der Waals surface area contributed by atoms with E-state index >= 15 is 0 Å². The van der Waals surface area contributed by atoms with Gasteiger partial charge in [0, 0.05) is 19.6 Å². The molecule has 0 aliphatic rings. The lowest BCUT2D eigenvalue weighted by atomic mass is 10.2. The second-order valence-corrected chi connectivity index (χ2v) is 4.13. The Bertz CT molecular complexity index is 315. The minimum atomic E-state index is -0.136. The maximum Gasteiger partial charge on any atom is 0.146 e. The molecule has 0 aliphatic carbocycles. The normalized spacial score (nSPS) is 10.5. The van der Waals surface area contributed by atoms with Crippen LogP contribution in [0.3, 0.4) is 0 Å². The number of para-hydroxylation sites is 1. The molecule has 0 saturated heterocycles. The number of rotatable bonds is 8. The van der Waals surface area contributed by atoms with Crippen LogP contribution in [0.4, 0.5) is 10.1 Å². The molecule has 0 saturated carbocycles. The fourth-order valence-electron chi connectivity index (χ4n) is 1.80. The van der Waals surface area contributed by atoms with E-state index in [0.717, 1.165) is 26.2 Å². The molecule has 0 fully saturated rings. The second-order valence-electron chi connectivity index (χ2n) is 4.13. The van der Waals surface area contributed by atoms with E-state index in [4.69, 9.17) is 0 Å². The minimum absolute atomic E-state index is 0.136. The standard InChI is InChI=1S/C14H23FN2/c1-3-5-10-16-11-12-17(4-2)14-9-7-6-8-13(14)15/h6-9,16H,3-5,10-12H2,1-2H3. The molecule has 96 valence electrons. The van der Waals surface area contributed by atoms with Crippen LogP contribution in [0.1, 0.15) is 26.7 Å². The Morgan fingerprint density at radius 3 is 2.59 bits per heavy atom. The van der Waals surface area contributed by atoms with E-state index in [1.54, 1.807) is 6.07 Å². The van der Waals surface area contributed by atoms with Gasteiger partial charge in [0.2, 0.25) is 0 Å². The van der Waals surface area contributed by atoms with Crippen LogP contribution in [0, 0.1) is 5.82 Å². The van der Waals surface area contributed by atoms with E-state index in [1.807, 2.05) is 12.1 Å². The highest BCUT2D eigenvalue weighted by Crippen LogP contribution is 2.17. The highest BCUT2D eigenvalue weighted by atomic mass is 19.1. The molecule has 1 aromatic rings. The van der Waals surface area contributed by atoms with Gasteiger partial charge >= 0.3 is 0 Å². The Hall–Kier alpha value is -1.09.